The zero-order valence-corrected chi connectivity index (χ0v) is 30.6. The second kappa shape index (κ2) is 15.0. The number of H-pyrrole nitrogens is 1. The first-order valence-corrected chi connectivity index (χ1v) is 20.8. The second-order valence-corrected chi connectivity index (χ2v) is 18.0. The molecule has 6 N–H and O–H groups in total. The van der Waals surface area contributed by atoms with Crippen molar-refractivity contribution in [2.45, 2.75) is 69.2 Å². The molecule has 28 heteroatoms. The molecule has 0 amide bonds. The van der Waals surface area contributed by atoms with Gasteiger partial charge in [0.1, 0.15) is 42.6 Å². The van der Waals surface area contributed by atoms with E-state index in [4.69, 9.17) is 48.7 Å². The van der Waals surface area contributed by atoms with Crippen molar-refractivity contribution in [3.8, 4) is 0 Å². The Kier molecular flexibility index (Phi) is 10.7. The molecule has 3 aliphatic rings. The molecule has 4 aromatic rings. The Morgan fingerprint density at radius 3 is 2.48 bits per heavy atom. The van der Waals surface area contributed by atoms with Gasteiger partial charge < -0.3 is 44.6 Å². The number of nitrogens with two attached hydrogens (primary N) is 2. The maximum absolute atomic E-state index is 16.4. The molecule has 7 heterocycles. The molecular weight excluding hydrogens is 792 g/mol. The lowest BCUT2D eigenvalue weighted by molar-refractivity contribution is -0.0551. The summed E-state index contributed by atoms with van der Waals surface area (Å²) in [5, 5.41) is 0. The van der Waals surface area contributed by atoms with Gasteiger partial charge in [0.05, 0.1) is 32.0 Å². The molecule has 7 rings (SSSR count). The largest absolute Gasteiger partial charge is 0.509 e. The van der Waals surface area contributed by atoms with E-state index in [1.807, 2.05) is 0 Å². The second-order valence-electron chi connectivity index (χ2n) is 12.2. The SMILES string of the molecule is CC(C)OC(=O)OCSP1(=O)OC[C@H]2O[C@@H](n3cnc4c(N)ncnc43)[C@H](F)[C@@H]2OCP(=O)(O)OCC2O[C@@H](n3cnc4c(=O)[nH]c(N)nc43)[C@H](O1)[C@@H]2F. The standard InChI is InChI=1S/C26H32F2N10O13P2S/c1-10(2)48-26(40)45-9-54-53(43)47-4-12-17(14(28)23(50-12)37-6-33-15-19(29)31-5-32-20(15)37)44-8-52(41,42)46-3-11-13(27)18(51-53)24(49-11)38-7-34-16-21(38)35-25(30)36-22(16)39/h5-7,10-14,17-18,23-24H,3-4,8-9H2,1-2H3,(H,41,42)(H2,29,31,32)(H3,30,35,36,39)/t11?,12-,13-,14-,17-,18-,23-,24-,53?/m1/s1. The third-order valence-electron chi connectivity index (χ3n) is 8.16. The maximum Gasteiger partial charge on any atom is 0.509 e. The fourth-order valence-electron chi connectivity index (χ4n) is 5.79. The van der Waals surface area contributed by atoms with Crippen LogP contribution in [-0.4, -0.2) is 118 Å². The minimum absolute atomic E-state index is 0.00387. The smallest absolute Gasteiger partial charge is 0.432 e. The Hall–Kier alpha value is -3.84. The lowest BCUT2D eigenvalue weighted by Gasteiger charge is -2.27. The predicted molar refractivity (Wildman–Crippen MR) is 179 cm³/mol. The van der Waals surface area contributed by atoms with Crippen molar-refractivity contribution in [3.05, 3.63) is 29.3 Å². The molecule has 10 atom stereocenters. The van der Waals surface area contributed by atoms with Gasteiger partial charge in [0.15, 0.2) is 53.4 Å². The molecule has 2 bridgehead atoms. The number of hydrogen-bond donors (Lipinski definition) is 4. The lowest BCUT2D eigenvalue weighted by atomic mass is 10.1. The van der Waals surface area contributed by atoms with Crippen LogP contribution >= 0.6 is 25.8 Å². The quantitative estimate of drug-likeness (QED) is 0.123. The van der Waals surface area contributed by atoms with Crippen LogP contribution < -0.4 is 17.0 Å². The zero-order valence-electron chi connectivity index (χ0n) is 27.9. The Labute approximate surface area is 305 Å². The van der Waals surface area contributed by atoms with Crippen molar-refractivity contribution in [3.63, 3.8) is 0 Å². The molecule has 0 saturated carbocycles. The van der Waals surface area contributed by atoms with Crippen molar-refractivity contribution in [1.82, 2.24) is 39.0 Å². The maximum atomic E-state index is 16.4. The minimum Gasteiger partial charge on any atom is -0.432 e. The van der Waals surface area contributed by atoms with Crippen molar-refractivity contribution in [2.24, 2.45) is 0 Å². The third kappa shape index (κ3) is 7.67. The highest BCUT2D eigenvalue weighted by molar-refractivity contribution is 8.55. The molecule has 0 spiro atoms. The Bertz CT molecular complexity index is 2200. The summed E-state index contributed by atoms with van der Waals surface area (Å²) in [6.45, 7) is -3.32. The fourth-order valence-corrected chi connectivity index (χ4v) is 9.36. The number of halogens is 2. The number of carbonyl (C=O) groups excluding carboxylic acids is 1. The number of alkyl halides is 2. The summed E-state index contributed by atoms with van der Waals surface area (Å²) in [5.74, 6) is -1.04. The number of aromatic amines is 1. The van der Waals surface area contributed by atoms with Gasteiger partial charge in [-0.05, 0) is 13.8 Å². The van der Waals surface area contributed by atoms with Crippen LogP contribution in [-0.2, 0) is 46.4 Å². The highest BCUT2D eigenvalue weighted by Crippen LogP contribution is 2.64. The molecule has 0 aliphatic carbocycles. The molecule has 0 aromatic carbocycles. The number of ether oxygens (including phenoxy) is 5. The lowest BCUT2D eigenvalue weighted by Crippen LogP contribution is -2.36. The van der Waals surface area contributed by atoms with Crippen LogP contribution in [0.5, 0.6) is 0 Å². The summed E-state index contributed by atoms with van der Waals surface area (Å²) in [6.07, 6.45) is -13.7. The van der Waals surface area contributed by atoms with Gasteiger partial charge in [-0.1, -0.05) is 0 Å². The number of hydrogen-bond acceptors (Lipinski definition) is 20. The molecule has 3 fully saturated rings. The third-order valence-corrected chi connectivity index (χ3v) is 12.5. The number of aromatic nitrogens is 8. The van der Waals surface area contributed by atoms with E-state index in [0.717, 1.165) is 17.2 Å². The molecule has 0 radical (unpaired) electrons. The van der Waals surface area contributed by atoms with E-state index < -0.39 is 107 Å². The topological polar surface area (TPSA) is 304 Å². The van der Waals surface area contributed by atoms with Crippen LogP contribution in [0.1, 0.15) is 26.3 Å². The predicted octanol–water partition coefficient (Wildman–Crippen LogP) is 1.92. The first kappa shape index (κ1) is 38.4. The van der Waals surface area contributed by atoms with Gasteiger partial charge in [-0.3, -0.25) is 32.5 Å². The van der Waals surface area contributed by atoms with Crippen molar-refractivity contribution in [1.29, 1.82) is 0 Å². The normalized spacial score (nSPS) is 33.5. The number of rotatable bonds is 6. The highest BCUT2D eigenvalue weighted by Gasteiger charge is 2.54. The molecule has 4 aromatic heterocycles. The van der Waals surface area contributed by atoms with Crippen LogP contribution in [0.15, 0.2) is 23.8 Å². The molecule has 23 nitrogen and oxygen atoms in total. The van der Waals surface area contributed by atoms with Gasteiger partial charge in [0, 0.05) is 11.4 Å². The summed E-state index contributed by atoms with van der Waals surface area (Å²) in [5.41, 5.74) is 10.7. The van der Waals surface area contributed by atoms with E-state index in [-0.39, 0.29) is 34.1 Å². The number of nitrogens with one attached hydrogen (secondary N) is 1. The monoisotopic (exact) mass is 824 g/mol. The minimum atomic E-state index is -4.76. The highest BCUT2D eigenvalue weighted by atomic mass is 32.7. The summed E-state index contributed by atoms with van der Waals surface area (Å²) in [7, 11) is -4.76. The van der Waals surface area contributed by atoms with E-state index >= 15 is 8.78 Å². The molecule has 3 unspecified atom stereocenters. The van der Waals surface area contributed by atoms with Crippen molar-refractivity contribution >= 4 is 66.0 Å². The van der Waals surface area contributed by atoms with E-state index in [2.05, 4.69) is 29.9 Å². The summed E-state index contributed by atoms with van der Waals surface area (Å²) >= 11 is 0.298. The molecule has 3 aliphatic heterocycles. The van der Waals surface area contributed by atoms with Gasteiger partial charge in [-0.2, -0.15) is 4.98 Å². The number of nitrogen functional groups attached to an aromatic ring is 2. The number of imidazole rings is 2. The Morgan fingerprint density at radius 1 is 1.02 bits per heavy atom. The average molecular weight is 825 g/mol. The Morgan fingerprint density at radius 2 is 1.72 bits per heavy atom. The summed E-state index contributed by atoms with van der Waals surface area (Å²) in [4.78, 5) is 57.6. The van der Waals surface area contributed by atoms with Crippen LogP contribution in [0.2, 0.25) is 0 Å². The van der Waals surface area contributed by atoms with Crippen molar-refractivity contribution in [2.75, 3.05) is 37.0 Å². The van der Waals surface area contributed by atoms with Crippen LogP contribution in [0.4, 0.5) is 25.3 Å². The van der Waals surface area contributed by atoms with Gasteiger partial charge in [-0.15, -0.1) is 0 Å². The van der Waals surface area contributed by atoms with Crippen LogP contribution in [0.25, 0.3) is 22.3 Å². The van der Waals surface area contributed by atoms with Gasteiger partial charge in [-0.25, -0.2) is 38.1 Å². The van der Waals surface area contributed by atoms with Gasteiger partial charge in [0.2, 0.25) is 5.95 Å². The average Bonchev–Trinajstić information content (AvgIpc) is 3.86. The van der Waals surface area contributed by atoms with E-state index in [0.29, 0.717) is 11.4 Å². The van der Waals surface area contributed by atoms with Gasteiger partial charge in [0.25, 0.3) is 5.56 Å². The van der Waals surface area contributed by atoms with E-state index in [9.17, 15) is 23.6 Å². The van der Waals surface area contributed by atoms with Crippen LogP contribution in [0, 0.1) is 0 Å². The summed E-state index contributed by atoms with van der Waals surface area (Å²) < 4.78 is 107. The molecule has 294 valence electrons. The number of nitrogens with zero attached hydrogens (tertiary/aromatic N) is 7. The van der Waals surface area contributed by atoms with Crippen LogP contribution in [0.3, 0.4) is 0 Å². The van der Waals surface area contributed by atoms with E-state index in [1.54, 1.807) is 13.8 Å². The number of anilines is 2. The number of carbonyl (C=O) groups is 1. The van der Waals surface area contributed by atoms with Gasteiger partial charge >= 0.3 is 20.5 Å². The summed E-state index contributed by atoms with van der Waals surface area (Å²) in [6, 6.07) is 0. The Balaban J connectivity index is 1.23. The molecular formula is C26H32F2N10O13P2S. The first-order valence-electron chi connectivity index (χ1n) is 15.9. The molecule has 54 heavy (non-hydrogen) atoms. The zero-order chi connectivity index (χ0) is 38.5. The fraction of sp³-hybridized carbons (Fsp3) is 0.577. The molecule has 3 saturated heterocycles. The van der Waals surface area contributed by atoms with Crippen molar-refractivity contribution < 1.29 is 64.9 Å². The number of fused-ring (bicyclic) bond motifs is 5. The van der Waals surface area contributed by atoms with E-state index in [1.165, 1.54) is 10.9 Å². The first-order chi connectivity index (χ1) is 25.6.